The van der Waals surface area contributed by atoms with Crippen molar-refractivity contribution in [2.75, 3.05) is 12.4 Å². The van der Waals surface area contributed by atoms with Gasteiger partial charge in [0.2, 0.25) is 0 Å². The van der Waals surface area contributed by atoms with Gasteiger partial charge in [-0.1, -0.05) is 24.3 Å². The van der Waals surface area contributed by atoms with Crippen LogP contribution in [0.3, 0.4) is 0 Å². The zero-order valence-electron chi connectivity index (χ0n) is 12.1. The second kappa shape index (κ2) is 5.79. The number of rotatable bonds is 4. The van der Waals surface area contributed by atoms with Crippen molar-refractivity contribution in [2.45, 2.75) is 13.5 Å². The number of anilines is 1. The number of benzene rings is 2. The van der Waals surface area contributed by atoms with Crippen LogP contribution in [-0.2, 0) is 6.54 Å². The van der Waals surface area contributed by atoms with Gasteiger partial charge in [0.15, 0.2) is 0 Å². The van der Waals surface area contributed by atoms with Gasteiger partial charge in [-0.25, -0.2) is 9.97 Å². The molecule has 1 aromatic heterocycles. The summed E-state index contributed by atoms with van der Waals surface area (Å²) in [6.07, 6.45) is 0. The number of nitrogens with one attached hydrogen (secondary N) is 1. The van der Waals surface area contributed by atoms with Gasteiger partial charge < -0.3 is 10.1 Å². The van der Waals surface area contributed by atoms with Crippen molar-refractivity contribution < 1.29 is 4.74 Å². The van der Waals surface area contributed by atoms with Crippen LogP contribution < -0.4 is 10.1 Å². The lowest BCUT2D eigenvalue weighted by molar-refractivity contribution is 0.414. The van der Waals surface area contributed by atoms with Crippen molar-refractivity contribution in [1.82, 2.24) is 9.97 Å². The SMILES string of the molecule is COc1cccc(CNc2nc(C)nc3ccccc23)c1. The maximum Gasteiger partial charge on any atom is 0.137 e. The molecule has 3 rings (SSSR count). The number of aryl methyl sites for hydroxylation is 1. The molecule has 0 aliphatic heterocycles. The lowest BCUT2D eigenvalue weighted by Gasteiger charge is -2.10. The predicted molar refractivity (Wildman–Crippen MR) is 84.6 cm³/mol. The fraction of sp³-hybridized carbons (Fsp3) is 0.176. The average Bonchev–Trinajstić information content (AvgIpc) is 2.52. The number of ether oxygens (including phenoxy) is 1. The Morgan fingerprint density at radius 2 is 1.90 bits per heavy atom. The first-order valence-corrected chi connectivity index (χ1v) is 6.86. The van der Waals surface area contributed by atoms with Crippen LogP contribution in [0, 0.1) is 6.92 Å². The van der Waals surface area contributed by atoms with E-state index < -0.39 is 0 Å². The molecule has 1 heterocycles. The molecule has 21 heavy (non-hydrogen) atoms. The van der Waals surface area contributed by atoms with Gasteiger partial charge in [0.05, 0.1) is 12.6 Å². The zero-order chi connectivity index (χ0) is 14.7. The highest BCUT2D eigenvalue weighted by Gasteiger charge is 2.05. The normalized spacial score (nSPS) is 10.6. The van der Waals surface area contributed by atoms with Gasteiger partial charge in [0.1, 0.15) is 17.4 Å². The molecule has 0 aliphatic rings. The Morgan fingerprint density at radius 1 is 1.05 bits per heavy atom. The molecule has 4 heteroatoms. The molecule has 0 bridgehead atoms. The Balaban J connectivity index is 1.87. The highest BCUT2D eigenvalue weighted by atomic mass is 16.5. The number of hydrogen-bond donors (Lipinski definition) is 1. The number of fused-ring (bicyclic) bond motifs is 1. The molecular weight excluding hydrogens is 262 g/mol. The van der Waals surface area contributed by atoms with Crippen LogP contribution in [0.4, 0.5) is 5.82 Å². The molecule has 4 nitrogen and oxygen atoms in total. The van der Waals surface area contributed by atoms with Crippen molar-refractivity contribution in [1.29, 1.82) is 0 Å². The standard InChI is InChI=1S/C17H17N3O/c1-12-19-16-9-4-3-8-15(16)17(20-12)18-11-13-6-5-7-14(10-13)21-2/h3-10H,11H2,1-2H3,(H,18,19,20). The summed E-state index contributed by atoms with van der Waals surface area (Å²) in [5.74, 6) is 2.49. The van der Waals surface area contributed by atoms with E-state index in [9.17, 15) is 0 Å². The third kappa shape index (κ3) is 2.94. The quantitative estimate of drug-likeness (QED) is 0.793. The Bertz CT molecular complexity index is 771. The van der Waals surface area contributed by atoms with Crippen molar-refractivity contribution in [3.05, 3.63) is 59.9 Å². The lowest BCUT2D eigenvalue weighted by atomic mass is 10.2. The summed E-state index contributed by atoms with van der Waals surface area (Å²) in [5, 5.41) is 4.42. The Labute approximate surface area is 123 Å². The van der Waals surface area contributed by atoms with Gasteiger partial charge in [-0.2, -0.15) is 0 Å². The summed E-state index contributed by atoms with van der Waals surface area (Å²) >= 11 is 0. The van der Waals surface area contributed by atoms with Crippen molar-refractivity contribution in [3.63, 3.8) is 0 Å². The maximum absolute atomic E-state index is 5.24. The molecule has 0 fully saturated rings. The van der Waals surface area contributed by atoms with Crippen LogP contribution in [0.5, 0.6) is 5.75 Å². The number of para-hydroxylation sites is 1. The van der Waals surface area contributed by atoms with Crippen molar-refractivity contribution in [2.24, 2.45) is 0 Å². The maximum atomic E-state index is 5.24. The Morgan fingerprint density at radius 3 is 2.76 bits per heavy atom. The molecule has 106 valence electrons. The highest BCUT2D eigenvalue weighted by Crippen LogP contribution is 2.21. The molecule has 2 aromatic carbocycles. The zero-order valence-corrected chi connectivity index (χ0v) is 12.1. The molecule has 3 aromatic rings. The van der Waals surface area contributed by atoms with Crippen molar-refractivity contribution >= 4 is 16.7 Å². The van der Waals surface area contributed by atoms with Crippen LogP contribution in [0.15, 0.2) is 48.5 Å². The third-order valence-corrected chi connectivity index (χ3v) is 3.31. The lowest BCUT2D eigenvalue weighted by Crippen LogP contribution is -2.04. The van der Waals surface area contributed by atoms with Gasteiger partial charge in [-0.15, -0.1) is 0 Å². The topological polar surface area (TPSA) is 47.0 Å². The molecule has 0 unspecified atom stereocenters. The monoisotopic (exact) mass is 279 g/mol. The van der Waals surface area contributed by atoms with Crippen molar-refractivity contribution in [3.8, 4) is 5.75 Å². The van der Waals surface area contributed by atoms with E-state index in [0.717, 1.165) is 33.9 Å². The van der Waals surface area contributed by atoms with Gasteiger partial charge in [-0.05, 0) is 36.8 Å². The number of methoxy groups -OCH3 is 1. The van der Waals surface area contributed by atoms with Gasteiger partial charge in [-0.3, -0.25) is 0 Å². The summed E-state index contributed by atoms with van der Waals surface area (Å²) in [6.45, 7) is 2.60. The van der Waals surface area contributed by atoms with E-state index in [1.54, 1.807) is 7.11 Å². The van der Waals surface area contributed by atoms with E-state index in [-0.39, 0.29) is 0 Å². The molecule has 0 amide bonds. The summed E-state index contributed by atoms with van der Waals surface area (Å²) in [7, 11) is 1.67. The first-order chi connectivity index (χ1) is 10.3. The minimum absolute atomic E-state index is 0.692. The van der Waals surface area contributed by atoms with E-state index in [1.165, 1.54) is 0 Å². The van der Waals surface area contributed by atoms with E-state index in [4.69, 9.17) is 4.74 Å². The highest BCUT2D eigenvalue weighted by molar-refractivity contribution is 5.88. The number of hydrogen-bond acceptors (Lipinski definition) is 4. The molecule has 0 saturated carbocycles. The summed E-state index contributed by atoms with van der Waals surface area (Å²) in [6, 6.07) is 16.0. The van der Waals surface area contributed by atoms with Crippen LogP contribution in [0.1, 0.15) is 11.4 Å². The summed E-state index contributed by atoms with van der Waals surface area (Å²) < 4.78 is 5.24. The van der Waals surface area contributed by atoms with E-state index in [2.05, 4.69) is 21.4 Å². The van der Waals surface area contributed by atoms with E-state index >= 15 is 0 Å². The smallest absolute Gasteiger partial charge is 0.137 e. The fourth-order valence-electron chi connectivity index (χ4n) is 2.30. The molecular formula is C17H17N3O. The number of aromatic nitrogens is 2. The minimum atomic E-state index is 0.692. The predicted octanol–water partition coefficient (Wildman–Crippen LogP) is 3.56. The fourth-order valence-corrected chi connectivity index (χ4v) is 2.30. The van der Waals surface area contributed by atoms with Crippen LogP contribution >= 0.6 is 0 Å². The molecule has 0 radical (unpaired) electrons. The Hall–Kier alpha value is -2.62. The van der Waals surface area contributed by atoms with E-state index in [0.29, 0.717) is 6.54 Å². The summed E-state index contributed by atoms with van der Waals surface area (Å²) in [4.78, 5) is 8.95. The van der Waals surface area contributed by atoms with Crippen LogP contribution in [-0.4, -0.2) is 17.1 Å². The Kier molecular flexibility index (Phi) is 3.69. The molecule has 1 N–H and O–H groups in total. The van der Waals surface area contributed by atoms with Crippen LogP contribution in [0.2, 0.25) is 0 Å². The average molecular weight is 279 g/mol. The summed E-state index contributed by atoms with van der Waals surface area (Å²) in [5.41, 5.74) is 2.10. The first kappa shape index (κ1) is 13.4. The molecule has 0 spiro atoms. The first-order valence-electron chi connectivity index (χ1n) is 6.86. The molecule has 0 atom stereocenters. The minimum Gasteiger partial charge on any atom is -0.497 e. The third-order valence-electron chi connectivity index (χ3n) is 3.31. The molecule has 0 aliphatic carbocycles. The second-order valence-corrected chi connectivity index (χ2v) is 4.84. The second-order valence-electron chi connectivity index (χ2n) is 4.84. The van der Waals surface area contributed by atoms with Crippen LogP contribution in [0.25, 0.3) is 10.9 Å². The van der Waals surface area contributed by atoms with E-state index in [1.807, 2.05) is 49.4 Å². The number of nitrogens with zero attached hydrogens (tertiary/aromatic N) is 2. The molecule has 0 saturated heterocycles. The largest absolute Gasteiger partial charge is 0.497 e. The van der Waals surface area contributed by atoms with Gasteiger partial charge in [0.25, 0.3) is 0 Å². The van der Waals surface area contributed by atoms with Gasteiger partial charge in [0, 0.05) is 11.9 Å². The van der Waals surface area contributed by atoms with Gasteiger partial charge >= 0.3 is 0 Å².